The van der Waals surface area contributed by atoms with Crippen molar-refractivity contribution in [2.45, 2.75) is 58.4 Å². The van der Waals surface area contributed by atoms with Gasteiger partial charge in [-0.3, -0.25) is 9.59 Å². The highest BCUT2D eigenvalue weighted by atomic mass is 35.5. The number of hydrogen-bond donors (Lipinski definition) is 2. The van der Waals surface area contributed by atoms with E-state index in [1.165, 1.54) is 0 Å². The highest BCUT2D eigenvalue weighted by molar-refractivity contribution is 5.85. The maximum absolute atomic E-state index is 12.6. The zero-order chi connectivity index (χ0) is 19.4. The largest absolute Gasteiger partial charge is 0.348 e. The first-order valence-electron chi connectivity index (χ1n) is 10.2. The Balaban J connectivity index is 0.00000210. The Morgan fingerprint density at radius 1 is 1.28 bits per heavy atom. The molecule has 1 aromatic heterocycles. The highest BCUT2D eigenvalue weighted by Gasteiger charge is 2.42. The van der Waals surface area contributed by atoms with Gasteiger partial charge in [-0.15, -0.1) is 24.8 Å². The second-order valence-electron chi connectivity index (χ2n) is 8.70. The molecular weight excluding hydrogens is 413 g/mol. The van der Waals surface area contributed by atoms with Crippen LogP contribution in [0.2, 0.25) is 0 Å². The fourth-order valence-corrected chi connectivity index (χ4v) is 4.44. The Morgan fingerprint density at radius 2 is 1.97 bits per heavy atom. The van der Waals surface area contributed by atoms with E-state index in [1.807, 2.05) is 16.0 Å². The summed E-state index contributed by atoms with van der Waals surface area (Å²) in [4.78, 5) is 36.0. The van der Waals surface area contributed by atoms with Gasteiger partial charge < -0.3 is 20.5 Å². The molecule has 9 heteroatoms. The van der Waals surface area contributed by atoms with Crippen molar-refractivity contribution >= 4 is 36.6 Å². The molecule has 2 saturated heterocycles. The van der Waals surface area contributed by atoms with E-state index in [0.29, 0.717) is 12.3 Å². The number of amides is 2. The summed E-state index contributed by atoms with van der Waals surface area (Å²) in [6.45, 7) is 7.23. The number of hydrogen-bond acceptors (Lipinski definition) is 4. The van der Waals surface area contributed by atoms with Crippen molar-refractivity contribution in [3.63, 3.8) is 0 Å². The van der Waals surface area contributed by atoms with Crippen LogP contribution in [0.5, 0.6) is 0 Å². The first-order chi connectivity index (χ1) is 12.9. The van der Waals surface area contributed by atoms with E-state index in [-0.39, 0.29) is 42.0 Å². The van der Waals surface area contributed by atoms with E-state index in [1.54, 1.807) is 6.33 Å². The first kappa shape index (κ1) is 25.7. The molecule has 7 nitrogen and oxygen atoms in total. The van der Waals surface area contributed by atoms with Crippen LogP contribution < -0.4 is 5.73 Å². The number of nitrogens with zero attached hydrogens (tertiary/aromatic N) is 3. The van der Waals surface area contributed by atoms with Crippen LogP contribution in [0.4, 0.5) is 0 Å². The monoisotopic (exact) mass is 447 g/mol. The molecule has 2 aliphatic rings. The molecule has 3 heterocycles. The Morgan fingerprint density at radius 3 is 2.55 bits per heavy atom. The topological polar surface area (TPSA) is 95.3 Å². The molecule has 1 atom stereocenters. The first-order valence-corrected chi connectivity index (χ1v) is 10.2. The van der Waals surface area contributed by atoms with Crippen molar-refractivity contribution in [3.8, 4) is 0 Å². The summed E-state index contributed by atoms with van der Waals surface area (Å²) in [5, 5.41) is 0. The van der Waals surface area contributed by atoms with Crippen LogP contribution in [0.1, 0.15) is 51.6 Å². The maximum atomic E-state index is 12.6. The Kier molecular flexibility index (Phi) is 9.92. The lowest BCUT2D eigenvalue weighted by molar-refractivity contribution is -0.143. The number of piperidine rings is 2. The molecular formula is C20H35Cl2N5O2. The molecule has 3 rings (SSSR count). The molecule has 2 aliphatic heterocycles. The number of rotatable bonds is 6. The molecule has 0 aromatic carbocycles. The van der Waals surface area contributed by atoms with Crippen molar-refractivity contribution in [2.24, 2.45) is 17.1 Å². The van der Waals surface area contributed by atoms with Crippen LogP contribution in [-0.2, 0) is 16.0 Å². The molecule has 29 heavy (non-hydrogen) atoms. The summed E-state index contributed by atoms with van der Waals surface area (Å²) in [7, 11) is 0. The fourth-order valence-electron chi connectivity index (χ4n) is 4.44. The van der Waals surface area contributed by atoms with Crippen molar-refractivity contribution in [2.75, 3.05) is 26.2 Å². The number of halogens is 2. The summed E-state index contributed by atoms with van der Waals surface area (Å²) >= 11 is 0. The predicted octanol–water partition coefficient (Wildman–Crippen LogP) is 2.40. The SMILES string of the molecule is CC(C)C[C@@H](N)C(=O)N1CCC2(CCC(=O)N(CCc3cnc[nH]3)C2)CC1.Cl.Cl. The van der Waals surface area contributed by atoms with Gasteiger partial charge in [-0.25, -0.2) is 4.98 Å². The van der Waals surface area contributed by atoms with E-state index in [4.69, 9.17) is 5.73 Å². The number of H-pyrrole nitrogens is 1. The van der Waals surface area contributed by atoms with E-state index in [2.05, 4.69) is 23.8 Å². The van der Waals surface area contributed by atoms with Crippen molar-refractivity contribution < 1.29 is 9.59 Å². The van der Waals surface area contributed by atoms with Crippen LogP contribution in [0, 0.1) is 11.3 Å². The highest BCUT2D eigenvalue weighted by Crippen LogP contribution is 2.40. The normalized spacial score (nSPS) is 19.7. The van der Waals surface area contributed by atoms with E-state index in [0.717, 1.165) is 64.0 Å². The Hall–Kier alpha value is -1.31. The number of carbonyl (C=O) groups is 2. The lowest BCUT2D eigenvalue weighted by atomic mass is 9.72. The molecule has 166 valence electrons. The number of aromatic nitrogens is 2. The zero-order valence-electron chi connectivity index (χ0n) is 17.4. The Labute approximate surface area is 186 Å². The number of carbonyl (C=O) groups excluding carboxylic acids is 2. The van der Waals surface area contributed by atoms with Crippen molar-refractivity contribution in [3.05, 3.63) is 18.2 Å². The molecule has 0 aliphatic carbocycles. The van der Waals surface area contributed by atoms with Gasteiger partial charge in [0.1, 0.15) is 0 Å². The van der Waals surface area contributed by atoms with Crippen LogP contribution in [-0.4, -0.2) is 63.8 Å². The van der Waals surface area contributed by atoms with Crippen molar-refractivity contribution in [1.82, 2.24) is 19.8 Å². The minimum absolute atomic E-state index is 0. The van der Waals surface area contributed by atoms with E-state index in [9.17, 15) is 9.59 Å². The predicted molar refractivity (Wildman–Crippen MR) is 118 cm³/mol. The standard InChI is InChI=1S/C20H33N5O2.2ClH/c1-15(2)11-17(21)19(27)24-9-6-20(7-10-24)5-3-18(26)25(13-20)8-4-16-12-22-14-23-16;;/h12,14-15,17H,3-11,13,21H2,1-2H3,(H,22,23);2*1H/t17-;;/m1../s1. The van der Waals surface area contributed by atoms with Gasteiger partial charge in [-0.05, 0) is 37.0 Å². The van der Waals surface area contributed by atoms with Crippen molar-refractivity contribution in [1.29, 1.82) is 0 Å². The number of nitrogens with one attached hydrogen (secondary N) is 1. The number of imidazole rings is 1. The van der Waals surface area contributed by atoms with Gasteiger partial charge in [0.2, 0.25) is 11.8 Å². The third-order valence-electron chi connectivity index (χ3n) is 6.13. The molecule has 0 saturated carbocycles. The van der Waals surface area contributed by atoms with Crippen LogP contribution in [0.15, 0.2) is 12.5 Å². The molecule has 1 spiro atoms. The lowest BCUT2D eigenvalue weighted by Crippen LogP contribution is -2.54. The van der Waals surface area contributed by atoms with Gasteiger partial charge in [-0.2, -0.15) is 0 Å². The van der Waals surface area contributed by atoms with Gasteiger partial charge in [0, 0.05) is 50.9 Å². The molecule has 0 unspecified atom stereocenters. The summed E-state index contributed by atoms with van der Waals surface area (Å²) in [6, 6.07) is -0.391. The van der Waals surface area contributed by atoms with Gasteiger partial charge in [0.15, 0.2) is 0 Å². The number of nitrogens with two attached hydrogens (primary N) is 1. The minimum atomic E-state index is -0.391. The quantitative estimate of drug-likeness (QED) is 0.699. The van der Waals surface area contributed by atoms with Crippen LogP contribution >= 0.6 is 24.8 Å². The van der Waals surface area contributed by atoms with E-state index < -0.39 is 6.04 Å². The van der Waals surface area contributed by atoms with Gasteiger partial charge in [0.25, 0.3) is 0 Å². The molecule has 2 amide bonds. The zero-order valence-corrected chi connectivity index (χ0v) is 19.1. The van der Waals surface area contributed by atoms with Gasteiger partial charge >= 0.3 is 0 Å². The van der Waals surface area contributed by atoms with Gasteiger partial charge in [0.05, 0.1) is 12.4 Å². The average molecular weight is 448 g/mol. The summed E-state index contributed by atoms with van der Waals surface area (Å²) in [5.41, 5.74) is 7.30. The summed E-state index contributed by atoms with van der Waals surface area (Å²) < 4.78 is 0. The number of aromatic amines is 1. The van der Waals surface area contributed by atoms with Crippen LogP contribution in [0.25, 0.3) is 0 Å². The molecule has 0 radical (unpaired) electrons. The van der Waals surface area contributed by atoms with E-state index >= 15 is 0 Å². The van der Waals surface area contributed by atoms with Gasteiger partial charge in [-0.1, -0.05) is 13.8 Å². The van der Waals surface area contributed by atoms with Crippen LogP contribution in [0.3, 0.4) is 0 Å². The minimum Gasteiger partial charge on any atom is -0.348 e. The molecule has 2 fully saturated rings. The molecule has 3 N–H and O–H groups in total. The second kappa shape index (κ2) is 11.2. The molecule has 0 bridgehead atoms. The second-order valence-corrected chi connectivity index (χ2v) is 8.70. The number of likely N-dealkylation sites (tertiary alicyclic amines) is 2. The summed E-state index contributed by atoms with van der Waals surface area (Å²) in [5.74, 6) is 0.756. The maximum Gasteiger partial charge on any atom is 0.239 e. The smallest absolute Gasteiger partial charge is 0.239 e. The molecule has 1 aromatic rings. The third-order valence-corrected chi connectivity index (χ3v) is 6.13. The average Bonchev–Trinajstić information content (AvgIpc) is 3.16. The fraction of sp³-hybridized carbons (Fsp3) is 0.750. The lowest BCUT2D eigenvalue weighted by Gasteiger charge is -2.47. The third kappa shape index (κ3) is 6.59. The Bertz CT molecular complexity index is 645. The summed E-state index contributed by atoms with van der Waals surface area (Å²) in [6.07, 6.45) is 8.49.